The van der Waals surface area contributed by atoms with Crippen molar-refractivity contribution in [3.63, 3.8) is 0 Å². The average Bonchev–Trinajstić information content (AvgIpc) is 2.77. The minimum atomic E-state index is 0.306. The highest BCUT2D eigenvalue weighted by Crippen LogP contribution is 2.24. The first-order chi connectivity index (χ1) is 7.85. The number of nitrogens with one attached hydrogen (secondary N) is 1. The van der Waals surface area contributed by atoms with E-state index in [1.165, 1.54) is 19.4 Å². The lowest BCUT2D eigenvalue weighted by Gasteiger charge is -2.38. The molecule has 2 rings (SSSR count). The van der Waals surface area contributed by atoms with Gasteiger partial charge in [0.25, 0.3) is 0 Å². The van der Waals surface area contributed by atoms with Crippen LogP contribution in [0.1, 0.15) is 26.2 Å². The number of hydrogen-bond donors (Lipinski definition) is 1. The van der Waals surface area contributed by atoms with Crippen molar-refractivity contribution in [2.24, 2.45) is 0 Å². The molecule has 2 heterocycles. The van der Waals surface area contributed by atoms with Crippen molar-refractivity contribution in [1.82, 2.24) is 10.2 Å². The zero-order valence-electron chi connectivity index (χ0n) is 10.3. The summed E-state index contributed by atoms with van der Waals surface area (Å²) in [6.07, 6.45) is 3.84. The summed E-state index contributed by atoms with van der Waals surface area (Å²) in [4.78, 5) is 2.58. The Balaban J connectivity index is 1.90. The fraction of sp³-hybridized carbons (Fsp3) is 0.846. The van der Waals surface area contributed by atoms with Gasteiger partial charge in [-0.05, 0) is 33.4 Å². The van der Waals surface area contributed by atoms with Crippen LogP contribution in [-0.2, 0) is 4.74 Å². The van der Waals surface area contributed by atoms with E-state index in [1.807, 2.05) is 14.0 Å². The van der Waals surface area contributed by atoms with Gasteiger partial charge in [0.15, 0.2) is 0 Å². The Morgan fingerprint density at radius 2 is 2.44 bits per heavy atom. The van der Waals surface area contributed by atoms with Gasteiger partial charge in [-0.1, -0.05) is 0 Å². The number of nitrogens with zero attached hydrogens (tertiary/aromatic N) is 1. The molecule has 0 amide bonds. The van der Waals surface area contributed by atoms with Gasteiger partial charge in [-0.25, -0.2) is 0 Å². The summed E-state index contributed by atoms with van der Waals surface area (Å²) in [5.41, 5.74) is 0. The zero-order valence-corrected chi connectivity index (χ0v) is 10.3. The molecule has 2 fully saturated rings. The highest BCUT2D eigenvalue weighted by atomic mass is 16.5. The molecular formula is C13H22N2O. The van der Waals surface area contributed by atoms with E-state index in [0.29, 0.717) is 18.2 Å². The van der Waals surface area contributed by atoms with Crippen LogP contribution in [0.2, 0.25) is 0 Å². The van der Waals surface area contributed by atoms with E-state index in [-0.39, 0.29) is 0 Å². The van der Waals surface area contributed by atoms with Crippen LogP contribution in [0.25, 0.3) is 0 Å². The zero-order chi connectivity index (χ0) is 11.4. The van der Waals surface area contributed by atoms with E-state index in [1.54, 1.807) is 0 Å². The van der Waals surface area contributed by atoms with Gasteiger partial charge in [0.2, 0.25) is 0 Å². The summed E-state index contributed by atoms with van der Waals surface area (Å²) < 4.78 is 5.97. The minimum absolute atomic E-state index is 0.306. The first kappa shape index (κ1) is 11.9. The molecule has 0 aromatic carbocycles. The first-order valence-corrected chi connectivity index (χ1v) is 6.27. The van der Waals surface area contributed by atoms with Crippen molar-refractivity contribution in [1.29, 1.82) is 0 Å². The van der Waals surface area contributed by atoms with E-state index in [2.05, 4.69) is 22.1 Å². The molecule has 90 valence electrons. The summed E-state index contributed by atoms with van der Waals surface area (Å²) in [5, 5.41) is 3.33. The maximum Gasteiger partial charge on any atom is 0.0864 e. The van der Waals surface area contributed by atoms with Crippen LogP contribution in [0, 0.1) is 11.8 Å². The number of likely N-dealkylation sites (N-methyl/N-ethyl adjacent to an activating group) is 1. The van der Waals surface area contributed by atoms with Crippen molar-refractivity contribution >= 4 is 0 Å². The smallest absolute Gasteiger partial charge is 0.0864 e. The summed E-state index contributed by atoms with van der Waals surface area (Å²) in [5.74, 6) is 6.10. The fourth-order valence-corrected chi connectivity index (χ4v) is 2.72. The third-order valence-corrected chi connectivity index (χ3v) is 3.73. The second-order valence-corrected chi connectivity index (χ2v) is 4.69. The second-order valence-electron chi connectivity index (χ2n) is 4.69. The summed E-state index contributed by atoms with van der Waals surface area (Å²) >= 11 is 0. The molecule has 0 aromatic rings. The molecule has 0 aromatic heterocycles. The van der Waals surface area contributed by atoms with Crippen LogP contribution in [0.4, 0.5) is 0 Å². The third-order valence-electron chi connectivity index (χ3n) is 3.73. The Morgan fingerprint density at radius 1 is 1.56 bits per heavy atom. The molecule has 0 saturated carbocycles. The molecule has 2 aliphatic heterocycles. The first-order valence-electron chi connectivity index (χ1n) is 6.27. The van der Waals surface area contributed by atoms with Crippen molar-refractivity contribution in [2.45, 2.75) is 44.4 Å². The number of hydrogen-bond acceptors (Lipinski definition) is 3. The maximum absolute atomic E-state index is 5.97. The number of ether oxygens (including phenoxy) is 1. The van der Waals surface area contributed by atoms with Crippen molar-refractivity contribution in [2.75, 3.05) is 26.7 Å². The molecular weight excluding hydrogens is 200 g/mol. The van der Waals surface area contributed by atoms with Crippen molar-refractivity contribution in [3.05, 3.63) is 0 Å². The number of morpholine rings is 1. The van der Waals surface area contributed by atoms with E-state index < -0.39 is 0 Å². The van der Waals surface area contributed by atoms with Gasteiger partial charge in [-0.2, -0.15) is 0 Å². The highest BCUT2D eigenvalue weighted by Gasteiger charge is 2.34. The topological polar surface area (TPSA) is 24.5 Å². The highest BCUT2D eigenvalue weighted by molar-refractivity contribution is 5.01. The lowest BCUT2D eigenvalue weighted by atomic mass is 10.0. The van der Waals surface area contributed by atoms with Crippen LogP contribution in [0.15, 0.2) is 0 Å². The molecule has 16 heavy (non-hydrogen) atoms. The van der Waals surface area contributed by atoms with E-state index in [0.717, 1.165) is 19.6 Å². The van der Waals surface area contributed by atoms with Crippen LogP contribution < -0.4 is 5.32 Å². The van der Waals surface area contributed by atoms with E-state index >= 15 is 0 Å². The molecule has 3 nitrogen and oxygen atoms in total. The average molecular weight is 222 g/mol. The SMILES string of the molecule is CC#CCC(NC)C1CN2CCCC2CO1. The largest absolute Gasteiger partial charge is 0.374 e. The molecule has 0 radical (unpaired) electrons. The molecule has 0 spiro atoms. The van der Waals surface area contributed by atoms with Crippen LogP contribution in [0.3, 0.4) is 0 Å². The monoisotopic (exact) mass is 222 g/mol. The Hall–Kier alpha value is -0.560. The minimum Gasteiger partial charge on any atom is -0.374 e. The van der Waals surface area contributed by atoms with Crippen LogP contribution in [0.5, 0.6) is 0 Å². The summed E-state index contributed by atoms with van der Waals surface area (Å²) in [6, 6.07) is 1.06. The van der Waals surface area contributed by atoms with Gasteiger partial charge < -0.3 is 10.1 Å². The standard InChI is InChI=1S/C13H22N2O/c1-3-4-7-12(14-2)13-9-15-8-5-6-11(15)10-16-13/h11-14H,5-10H2,1-2H3. The fourth-order valence-electron chi connectivity index (χ4n) is 2.72. The molecule has 3 heteroatoms. The van der Waals surface area contributed by atoms with Crippen molar-refractivity contribution in [3.8, 4) is 11.8 Å². The normalized spacial score (nSPS) is 31.6. The van der Waals surface area contributed by atoms with Gasteiger partial charge in [0, 0.05) is 25.0 Å². The lowest BCUT2D eigenvalue weighted by Crippen LogP contribution is -2.53. The Labute approximate surface area is 98.5 Å². The number of fused-ring (bicyclic) bond motifs is 1. The Bertz CT molecular complexity index is 281. The van der Waals surface area contributed by atoms with E-state index in [9.17, 15) is 0 Å². The molecule has 3 unspecified atom stereocenters. The van der Waals surface area contributed by atoms with E-state index in [4.69, 9.17) is 4.74 Å². The molecule has 0 aliphatic carbocycles. The lowest BCUT2D eigenvalue weighted by molar-refractivity contribution is -0.0627. The van der Waals surface area contributed by atoms with Crippen LogP contribution in [-0.4, -0.2) is 49.8 Å². The van der Waals surface area contributed by atoms with Gasteiger partial charge in [0.05, 0.1) is 12.7 Å². The predicted octanol–water partition coefficient (Wildman–Crippen LogP) is 0.851. The van der Waals surface area contributed by atoms with Gasteiger partial charge in [-0.15, -0.1) is 11.8 Å². The van der Waals surface area contributed by atoms with Gasteiger partial charge in [0.1, 0.15) is 0 Å². The summed E-state index contributed by atoms with van der Waals surface area (Å²) in [6.45, 7) is 5.12. The quantitative estimate of drug-likeness (QED) is 0.717. The third kappa shape index (κ3) is 2.57. The Kier molecular flexibility index (Phi) is 4.22. The van der Waals surface area contributed by atoms with Crippen LogP contribution >= 0.6 is 0 Å². The molecule has 1 N–H and O–H groups in total. The maximum atomic E-state index is 5.97. The van der Waals surface area contributed by atoms with Crippen molar-refractivity contribution < 1.29 is 4.74 Å². The predicted molar refractivity (Wildman–Crippen MR) is 65.2 cm³/mol. The molecule has 3 atom stereocenters. The number of rotatable bonds is 3. The van der Waals surface area contributed by atoms with Gasteiger partial charge in [-0.3, -0.25) is 4.90 Å². The Morgan fingerprint density at radius 3 is 3.19 bits per heavy atom. The molecule has 0 bridgehead atoms. The second kappa shape index (κ2) is 5.67. The molecule has 2 aliphatic rings. The van der Waals surface area contributed by atoms with Gasteiger partial charge >= 0.3 is 0 Å². The summed E-state index contributed by atoms with van der Waals surface area (Å²) in [7, 11) is 2.00. The molecule has 2 saturated heterocycles.